The van der Waals surface area contributed by atoms with Gasteiger partial charge in [-0.3, -0.25) is 9.59 Å². The van der Waals surface area contributed by atoms with Crippen LogP contribution in [0.25, 0.3) is 0 Å². The molecular weight excluding hydrogens is 608 g/mol. The maximum atomic E-state index is 12.2. The van der Waals surface area contributed by atoms with Gasteiger partial charge in [0.05, 0.1) is 6.61 Å². The maximum Gasteiger partial charge on any atom is 0.306 e. The molecule has 0 unspecified atom stereocenters. The Hall–Kier alpha value is -1.88. The highest BCUT2D eigenvalue weighted by molar-refractivity contribution is 5.70. The van der Waals surface area contributed by atoms with Crippen molar-refractivity contribution in [2.45, 2.75) is 219 Å². The fourth-order valence-corrected chi connectivity index (χ4v) is 6.04. The molecular formula is C44H80O5. The van der Waals surface area contributed by atoms with Crippen molar-refractivity contribution in [2.75, 3.05) is 13.2 Å². The lowest BCUT2D eigenvalue weighted by atomic mass is 10.0. The number of ether oxygens (including phenoxy) is 2. The van der Waals surface area contributed by atoms with Gasteiger partial charge in [0.2, 0.25) is 0 Å². The van der Waals surface area contributed by atoms with Crippen molar-refractivity contribution in [3.8, 4) is 0 Å². The maximum absolute atomic E-state index is 12.2. The number of hydrogen-bond acceptors (Lipinski definition) is 5. The topological polar surface area (TPSA) is 72.8 Å². The highest BCUT2D eigenvalue weighted by atomic mass is 16.6. The third-order valence-corrected chi connectivity index (χ3v) is 9.20. The second-order valence-electron chi connectivity index (χ2n) is 14.0. The van der Waals surface area contributed by atoms with Gasteiger partial charge < -0.3 is 14.6 Å². The van der Waals surface area contributed by atoms with Crippen LogP contribution >= 0.6 is 0 Å². The standard InChI is InChI=1S/C44H80O5/c1-3-5-7-9-11-13-15-17-19-20-21-22-23-25-27-29-31-33-35-37-39-44(47)49-42(40-45)41-48-43(46)38-36-34-32-30-28-26-24-18-16-14-12-10-8-6-4-2/h6,8,12,14,18,24,42,45H,3-5,7,9-11,13,15-17,19-23,25-41H2,1-2H3/b8-6+,14-12+,24-18+/t42-/m0/s1. The van der Waals surface area contributed by atoms with Crippen molar-refractivity contribution in [1.82, 2.24) is 0 Å². The molecule has 5 heteroatoms. The number of hydrogen-bond donors (Lipinski definition) is 1. The Morgan fingerprint density at radius 2 is 0.878 bits per heavy atom. The summed E-state index contributed by atoms with van der Waals surface area (Å²) in [7, 11) is 0. The van der Waals surface area contributed by atoms with Crippen LogP contribution in [-0.2, 0) is 19.1 Å². The zero-order chi connectivity index (χ0) is 35.7. The fraction of sp³-hybridized carbons (Fsp3) is 0.818. The lowest BCUT2D eigenvalue weighted by Gasteiger charge is -2.15. The number of unbranched alkanes of at least 4 members (excludes halogenated alkanes) is 24. The number of aliphatic hydroxyl groups is 1. The van der Waals surface area contributed by atoms with Crippen LogP contribution in [0.15, 0.2) is 36.5 Å². The van der Waals surface area contributed by atoms with Gasteiger partial charge in [-0.05, 0) is 44.9 Å². The lowest BCUT2D eigenvalue weighted by molar-refractivity contribution is -0.161. The van der Waals surface area contributed by atoms with Crippen molar-refractivity contribution in [3.63, 3.8) is 0 Å². The average Bonchev–Trinajstić information content (AvgIpc) is 3.10. The summed E-state index contributed by atoms with van der Waals surface area (Å²) in [6.45, 7) is 4.03. The van der Waals surface area contributed by atoms with E-state index in [2.05, 4.69) is 50.3 Å². The van der Waals surface area contributed by atoms with Crippen LogP contribution in [0.2, 0.25) is 0 Å². The Bertz CT molecular complexity index is 786. The van der Waals surface area contributed by atoms with Gasteiger partial charge in [-0.25, -0.2) is 0 Å². The summed E-state index contributed by atoms with van der Waals surface area (Å²) in [6.07, 6.45) is 49.3. The van der Waals surface area contributed by atoms with Crippen molar-refractivity contribution in [1.29, 1.82) is 0 Å². The smallest absolute Gasteiger partial charge is 0.306 e. The Kier molecular flexibility index (Phi) is 39.0. The van der Waals surface area contributed by atoms with Crippen LogP contribution < -0.4 is 0 Å². The number of rotatable bonds is 38. The third kappa shape index (κ3) is 38.8. The number of allylic oxidation sites excluding steroid dienone is 6. The number of aliphatic hydroxyl groups excluding tert-OH is 1. The molecule has 0 fully saturated rings. The van der Waals surface area contributed by atoms with Crippen molar-refractivity contribution < 1.29 is 24.2 Å². The second kappa shape index (κ2) is 40.5. The van der Waals surface area contributed by atoms with E-state index in [0.717, 1.165) is 64.2 Å². The first-order chi connectivity index (χ1) is 24.1. The van der Waals surface area contributed by atoms with Gasteiger partial charge in [-0.2, -0.15) is 0 Å². The molecule has 0 amide bonds. The van der Waals surface area contributed by atoms with E-state index in [9.17, 15) is 14.7 Å². The molecule has 0 heterocycles. The summed E-state index contributed by atoms with van der Waals surface area (Å²) in [6, 6.07) is 0. The van der Waals surface area contributed by atoms with E-state index in [4.69, 9.17) is 9.47 Å². The minimum atomic E-state index is -0.775. The van der Waals surface area contributed by atoms with E-state index in [1.165, 1.54) is 122 Å². The molecule has 1 atom stereocenters. The minimum absolute atomic E-state index is 0.0721. The van der Waals surface area contributed by atoms with Crippen LogP contribution in [0.1, 0.15) is 213 Å². The number of carbonyl (C=O) groups is 2. The zero-order valence-corrected chi connectivity index (χ0v) is 32.5. The molecule has 0 bridgehead atoms. The van der Waals surface area contributed by atoms with Crippen LogP contribution in [0, 0.1) is 0 Å². The normalized spacial score (nSPS) is 12.5. The van der Waals surface area contributed by atoms with Gasteiger partial charge in [0.25, 0.3) is 0 Å². The summed E-state index contributed by atoms with van der Waals surface area (Å²) in [5.41, 5.74) is 0. The molecule has 0 saturated heterocycles. The molecule has 0 spiro atoms. The average molecular weight is 689 g/mol. The number of carbonyl (C=O) groups excluding carboxylic acids is 2. The summed E-state index contributed by atoms with van der Waals surface area (Å²) in [4.78, 5) is 24.3. The Balaban J connectivity index is 3.52. The van der Waals surface area contributed by atoms with Gasteiger partial charge >= 0.3 is 11.9 Å². The first kappa shape index (κ1) is 47.1. The molecule has 0 rings (SSSR count). The molecule has 0 aliphatic heterocycles. The summed E-state index contributed by atoms with van der Waals surface area (Å²) in [5.74, 6) is -0.603. The summed E-state index contributed by atoms with van der Waals surface area (Å²) < 4.78 is 10.6. The van der Waals surface area contributed by atoms with Gasteiger partial charge in [0.15, 0.2) is 6.10 Å². The SMILES string of the molecule is CC/C=C/C/C=C/C/C=C/CCCCCCCC(=O)OC[C@H](CO)OC(=O)CCCCCCCCCCCCCCCCCCCCCC. The fourth-order valence-electron chi connectivity index (χ4n) is 6.04. The van der Waals surface area contributed by atoms with Crippen molar-refractivity contribution in [3.05, 3.63) is 36.5 Å². The van der Waals surface area contributed by atoms with E-state index in [0.29, 0.717) is 12.8 Å². The van der Waals surface area contributed by atoms with Crippen molar-refractivity contribution in [2.24, 2.45) is 0 Å². The minimum Gasteiger partial charge on any atom is -0.462 e. The quantitative estimate of drug-likeness (QED) is 0.0397. The molecule has 5 nitrogen and oxygen atoms in total. The van der Waals surface area contributed by atoms with E-state index in [1.807, 2.05) is 0 Å². The monoisotopic (exact) mass is 689 g/mol. The molecule has 0 aromatic heterocycles. The molecule has 0 saturated carbocycles. The third-order valence-electron chi connectivity index (χ3n) is 9.20. The zero-order valence-electron chi connectivity index (χ0n) is 32.5. The van der Waals surface area contributed by atoms with Crippen LogP contribution in [0.3, 0.4) is 0 Å². The second-order valence-corrected chi connectivity index (χ2v) is 14.0. The molecule has 1 N–H and O–H groups in total. The largest absolute Gasteiger partial charge is 0.462 e. The van der Waals surface area contributed by atoms with E-state index in [-0.39, 0.29) is 25.2 Å². The Morgan fingerprint density at radius 3 is 1.33 bits per heavy atom. The molecule has 0 aliphatic rings. The lowest BCUT2D eigenvalue weighted by Crippen LogP contribution is -2.28. The van der Waals surface area contributed by atoms with Crippen LogP contribution in [-0.4, -0.2) is 36.4 Å². The van der Waals surface area contributed by atoms with E-state index >= 15 is 0 Å². The van der Waals surface area contributed by atoms with Gasteiger partial charge in [0.1, 0.15) is 6.61 Å². The van der Waals surface area contributed by atoms with E-state index in [1.54, 1.807) is 0 Å². The highest BCUT2D eigenvalue weighted by Gasteiger charge is 2.16. The van der Waals surface area contributed by atoms with Crippen LogP contribution in [0.4, 0.5) is 0 Å². The number of esters is 2. The predicted octanol–water partition coefficient (Wildman–Crippen LogP) is 13.2. The Labute approximate surface area is 304 Å². The molecule has 0 aromatic carbocycles. The van der Waals surface area contributed by atoms with Crippen LogP contribution in [0.5, 0.6) is 0 Å². The summed E-state index contributed by atoms with van der Waals surface area (Å²) >= 11 is 0. The molecule has 0 aliphatic carbocycles. The molecule has 49 heavy (non-hydrogen) atoms. The molecule has 0 radical (unpaired) electrons. The van der Waals surface area contributed by atoms with Gasteiger partial charge in [-0.15, -0.1) is 0 Å². The van der Waals surface area contributed by atoms with Crippen molar-refractivity contribution >= 4 is 11.9 Å². The van der Waals surface area contributed by atoms with Gasteiger partial charge in [-0.1, -0.05) is 192 Å². The van der Waals surface area contributed by atoms with E-state index < -0.39 is 6.10 Å². The molecule has 286 valence electrons. The van der Waals surface area contributed by atoms with Gasteiger partial charge in [0, 0.05) is 12.8 Å². The first-order valence-corrected chi connectivity index (χ1v) is 21.0. The highest BCUT2D eigenvalue weighted by Crippen LogP contribution is 2.15. The summed E-state index contributed by atoms with van der Waals surface area (Å²) in [5, 5.41) is 9.57. The first-order valence-electron chi connectivity index (χ1n) is 21.0. The predicted molar refractivity (Wildman–Crippen MR) is 210 cm³/mol. The molecule has 0 aromatic rings. The Morgan fingerprint density at radius 1 is 0.490 bits per heavy atom.